The molecule has 3 aromatic rings. The van der Waals surface area contributed by atoms with Gasteiger partial charge in [-0.1, -0.05) is 30.3 Å². The average molecular weight is 454 g/mol. The van der Waals surface area contributed by atoms with Crippen LogP contribution in [0.25, 0.3) is 11.1 Å². The molecular weight excluding hydrogens is 437 g/mol. The van der Waals surface area contributed by atoms with Crippen LogP contribution in [0.1, 0.15) is 16.7 Å². The van der Waals surface area contributed by atoms with Crippen LogP contribution >= 0.6 is 0 Å². The van der Waals surface area contributed by atoms with Gasteiger partial charge in [0.15, 0.2) is 0 Å². The summed E-state index contributed by atoms with van der Waals surface area (Å²) in [5.41, 5.74) is 8.90. The lowest BCUT2D eigenvalue weighted by Crippen LogP contribution is -2.21. The Morgan fingerprint density at radius 2 is 1.64 bits per heavy atom. The van der Waals surface area contributed by atoms with Gasteiger partial charge in [-0.3, -0.25) is 4.98 Å². The number of carbonyl (C=O) groups is 1. The second-order valence-electron chi connectivity index (χ2n) is 6.40. The molecule has 0 saturated carbocycles. The fourth-order valence-electron chi connectivity index (χ4n) is 2.72. The van der Waals surface area contributed by atoms with Gasteiger partial charge in [-0.2, -0.15) is 23.7 Å². The molecule has 2 heterocycles. The lowest BCUT2D eigenvalue weighted by molar-refractivity contribution is -0.192. The van der Waals surface area contributed by atoms with Crippen molar-refractivity contribution >= 4 is 17.6 Å². The Balaban J connectivity index is 0.000000479. The number of nitrogen functional groups attached to an aromatic ring is 1. The molecule has 0 amide bonds. The Kier molecular flexibility index (Phi) is 8.29. The van der Waals surface area contributed by atoms with E-state index in [9.17, 15) is 23.7 Å². The van der Waals surface area contributed by atoms with Crippen LogP contribution in [-0.4, -0.2) is 33.8 Å². The number of rotatable bonds is 5. The van der Waals surface area contributed by atoms with Gasteiger partial charge in [-0.25, -0.2) is 9.78 Å². The second kappa shape index (κ2) is 11.1. The Morgan fingerprint density at radius 3 is 2.15 bits per heavy atom. The fourth-order valence-corrected chi connectivity index (χ4v) is 2.72. The van der Waals surface area contributed by atoms with Crippen molar-refractivity contribution in [3.05, 3.63) is 71.5 Å². The smallest absolute Gasteiger partial charge is 0.475 e. The van der Waals surface area contributed by atoms with Crippen molar-refractivity contribution in [1.82, 2.24) is 9.97 Å². The van der Waals surface area contributed by atoms with E-state index in [-0.39, 0.29) is 11.4 Å². The normalized spacial score (nSPS) is 10.2. The SMILES string of the molecule is N#Cc1c(N)nc(NCCc2ccncc2)c(C#N)c1-c1ccccc1.O=C(O)C(F)(F)F. The van der Waals surface area contributed by atoms with E-state index in [4.69, 9.17) is 15.6 Å². The molecule has 0 atom stereocenters. The minimum absolute atomic E-state index is 0.108. The van der Waals surface area contributed by atoms with Crippen molar-refractivity contribution in [2.45, 2.75) is 12.6 Å². The Hall–Kier alpha value is -4.64. The zero-order valence-electron chi connectivity index (χ0n) is 17.0. The third-order valence-corrected chi connectivity index (χ3v) is 4.21. The van der Waals surface area contributed by atoms with Gasteiger partial charge in [0.25, 0.3) is 0 Å². The molecule has 0 radical (unpaired) electrons. The summed E-state index contributed by atoms with van der Waals surface area (Å²) in [5.74, 6) is -2.26. The van der Waals surface area contributed by atoms with Crippen molar-refractivity contribution in [2.75, 3.05) is 17.6 Å². The summed E-state index contributed by atoms with van der Waals surface area (Å²) < 4.78 is 31.7. The zero-order chi connectivity index (χ0) is 24.4. The molecule has 4 N–H and O–H groups in total. The molecule has 11 heteroatoms. The number of halogens is 3. The summed E-state index contributed by atoms with van der Waals surface area (Å²) in [6, 6.07) is 17.4. The highest BCUT2D eigenvalue weighted by Gasteiger charge is 2.38. The number of nitrogens with zero attached hydrogens (tertiary/aromatic N) is 4. The van der Waals surface area contributed by atoms with Gasteiger partial charge in [-0.05, 0) is 29.7 Å². The zero-order valence-corrected chi connectivity index (χ0v) is 17.0. The predicted octanol–water partition coefficient (Wildman–Crippen LogP) is 3.76. The van der Waals surface area contributed by atoms with E-state index in [0.717, 1.165) is 17.5 Å². The fraction of sp³-hybridized carbons (Fsp3) is 0.136. The molecule has 0 unspecified atom stereocenters. The number of anilines is 2. The van der Waals surface area contributed by atoms with Crippen molar-refractivity contribution in [3.63, 3.8) is 0 Å². The van der Waals surface area contributed by atoms with E-state index >= 15 is 0 Å². The molecule has 168 valence electrons. The highest BCUT2D eigenvalue weighted by Crippen LogP contribution is 2.33. The number of nitrogens with one attached hydrogen (secondary N) is 1. The van der Waals surface area contributed by atoms with Crippen LogP contribution in [0.15, 0.2) is 54.9 Å². The summed E-state index contributed by atoms with van der Waals surface area (Å²) in [4.78, 5) is 17.1. The molecule has 33 heavy (non-hydrogen) atoms. The number of carboxylic acid groups (broad SMARTS) is 1. The van der Waals surface area contributed by atoms with Gasteiger partial charge in [0.05, 0.1) is 0 Å². The van der Waals surface area contributed by atoms with Crippen LogP contribution in [0.2, 0.25) is 0 Å². The van der Waals surface area contributed by atoms with Gasteiger partial charge in [0.1, 0.15) is 34.9 Å². The maximum atomic E-state index is 10.6. The Bertz CT molecular complexity index is 1190. The number of hydrogen-bond donors (Lipinski definition) is 3. The van der Waals surface area contributed by atoms with E-state index in [0.29, 0.717) is 23.5 Å². The third kappa shape index (κ3) is 6.67. The quantitative estimate of drug-likeness (QED) is 0.528. The lowest BCUT2D eigenvalue weighted by atomic mass is 9.96. The van der Waals surface area contributed by atoms with E-state index in [1.54, 1.807) is 12.4 Å². The van der Waals surface area contributed by atoms with E-state index < -0.39 is 12.1 Å². The third-order valence-electron chi connectivity index (χ3n) is 4.21. The van der Waals surface area contributed by atoms with Crippen LogP contribution in [0, 0.1) is 22.7 Å². The first-order valence-electron chi connectivity index (χ1n) is 9.31. The van der Waals surface area contributed by atoms with Crippen molar-refractivity contribution in [3.8, 4) is 23.3 Å². The minimum Gasteiger partial charge on any atom is -0.475 e. The molecule has 2 aromatic heterocycles. The minimum atomic E-state index is -5.08. The van der Waals surface area contributed by atoms with Gasteiger partial charge >= 0.3 is 12.1 Å². The Morgan fingerprint density at radius 1 is 1.06 bits per heavy atom. The number of alkyl halides is 3. The molecule has 1 aromatic carbocycles. The maximum absolute atomic E-state index is 10.6. The van der Waals surface area contributed by atoms with Crippen LogP contribution in [0.3, 0.4) is 0 Å². The lowest BCUT2D eigenvalue weighted by Gasteiger charge is -2.14. The van der Waals surface area contributed by atoms with Crippen molar-refractivity contribution in [2.24, 2.45) is 0 Å². The Labute approximate surface area is 186 Å². The van der Waals surface area contributed by atoms with Gasteiger partial charge < -0.3 is 16.2 Å². The molecule has 0 aliphatic rings. The number of carboxylic acids is 1. The molecule has 0 spiro atoms. The monoisotopic (exact) mass is 454 g/mol. The van der Waals surface area contributed by atoms with Gasteiger partial charge in [-0.15, -0.1) is 0 Å². The highest BCUT2D eigenvalue weighted by molar-refractivity contribution is 5.84. The largest absolute Gasteiger partial charge is 0.490 e. The van der Waals surface area contributed by atoms with Crippen LogP contribution in [-0.2, 0) is 11.2 Å². The molecule has 0 bridgehead atoms. The predicted molar refractivity (Wildman–Crippen MR) is 114 cm³/mol. The number of aliphatic carboxylic acids is 1. The second-order valence-corrected chi connectivity index (χ2v) is 6.40. The van der Waals surface area contributed by atoms with Crippen molar-refractivity contribution < 1.29 is 23.1 Å². The van der Waals surface area contributed by atoms with E-state index in [1.807, 2.05) is 42.5 Å². The van der Waals surface area contributed by atoms with Crippen molar-refractivity contribution in [1.29, 1.82) is 10.5 Å². The molecule has 8 nitrogen and oxygen atoms in total. The first-order valence-corrected chi connectivity index (χ1v) is 9.31. The van der Waals surface area contributed by atoms with Gasteiger partial charge in [0, 0.05) is 24.5 Å². The van der Waals surface area contributed by atoms with Gasteiger partial charge in [0.2, 0.25) is 0 Å². The number of nitrogens with two attached hydrogens (primary N) is 1. The number of pyridine rings is 2. The van der Waals surface area contributed by atoms with Crippen LogP contribution in [0.4, 0.5) is 24.8 Å². The van der Waals surface area contributed by atoms with E-state index in [2.05, 4.69) is 27.4 Å². The molecule has 0 saturated heterocycles. The summed E-state index contributed by atoms with van der Waals surface area (Å²) >= 11 is 0. The van der Waals surface area contributed by atoms with E-state index in [1.165, 1.54) is 0 Å². The summed E-state index contributed by atoms with van der Waals surface area (Å²) in [6.07, 6.45) is -0.862. The highest BCUT2D eigenvalue weighted by atomic mass is 19.4. The summed E-state index contributed by atoms with van der Waals surface area (Å²) in [7, 11) is 0. The molecular formula is C22H17F3N6O2. The molecule has 0 aliphatic heterocycles. The number of nitriles is 2. The molecule has 0 fully saturated rings. The first-order chi connectivity index (χ1) is 15.7. The summed E-state index contributed by atoms with van der Waals surface area (Å²) in [6.45, 7) is 0.575. The maximum Gasteiger partial charge on any atom is 0.490 e. The molecule has 3 rings (SSSR count). The molecule has 0 aliphatic carbocycles. The van der Waals surface area contributed by atoms with Crippen LogP contribution < -0.4 is 11.1 Å². The first kappa shape index (κ1) is 24.6. The standard InChI is InChI=1S/C20H16N6.C2HF3O2/c21-12-16-18(15-4-2-1-3-5-15)17(13-22)20(26-19(16)23)25-11-8-14-6-9-24-10-7-14;3-2(4,5)1(6)7/h1-7,9-10H,8,11H2,(H3,23,25,26);(H,6,7). The number of hydrogen-bond acceptors (Lipinski definition) is 7. The number of benzene rings is 1. The topological polar surface area (TPSA) is 149 Å². The number of aromatic nitrogens is 2. The average Bonchev–Trinajstić information content (AvgIpc) is 2.79. The summed E-state index contributed by atoms with van der Waals surface area (Å²) in [5, 5.41) is 29.5. The van der Waals surface area contributed by atoms with Crippen LogP contribution in [0.5, 0.6) is 0 Å².